The molecule has 0 unspecified atom stereocenters. The van der Waals surface area contributed by atoms with Crippen molar-refractivity contribution in [2.45, 2.75) is 6.10 Å². The Morgan fingerprint density at radius 1 is 1.22 bits per heavy atom. The van der Waals surface area contributed by atoms with Gasteiger partial charge in [-0.15, -0.1) is 0 Å². The average Bonchev–Trinajstić information content (AvgIpc) is 2.55. The quantitative estimate of drug-likeness (QED) is 0.442. The molecule has 23 heavy (non-hydrogen) atoms. The zero-order valence-electron chi connectivity index (χ0n) is 11.9. The lowest BCUT2D eigenvalue weighted by Crippen LogP contribution is -2.32. The SMILES string of the molecule is O=[N+]([O-])c1ccc([C@@H](O)CNC(=S)Nc2ccc(F)cc2)cc1. The lowest BCUT2D eigenvalue weighted by Gasteiger charge is -2.14. The number of hydrogen-bond donors (Lipinski definition) is 3. The van der Waals surface area contributed by atoms with E-state index in [9.17, 15) is 19.6 Å². The van der Waals surface area contributed by atoms with Crippen molar-refractivity contribution in [1.82, 2.24) is 5.32 Å². The monoisotopic (exact) mass is 335 g/mol. The van der Waals surface area contributed by atoms with Gasteiger partial charge in [-0.3, -0.25) is 10.1 Å². The molecule has 0 aliphatic rings. The molecule has 0 radical (unpaired) electrons. The highest BCUT2D eigenvalue weighted by molar-refractivity contribution is 7.80. The summed E-state index contributed by atoms with van der Waals surface area (Å²) in [7, 11) is 0. The summed E-state index contributed by atoms with van der Waals surface area (Å²) in [5.41, 5.74) is 1.11. The minimum Gasteiger partial charge on any atom is -0.387 e. The van der Waals surface area contributed by atoms with Gasteiger partial charge in [-0.1, -0.05) is 0 Å². The molecule has 0 aliphatic carbocycles. The summed E-state index contributed by atoms with van der Waals surface area (Å²) in [6.07, 6.45) is -0.872. The van der Waals surface area contributed by atoms with Crippen LogP contribution in [0.2, 0.25) is 0 Å². The topological polar surface area (TPSA) is 87.4 Å². The number of nitrogens with one attached hydrogen (secondary N) is 2. The van der Waals surface area contributed by atoms with Crippen LogP contribution in [0.15, 0.2) is 48.5 Å². The minimum atomic E-state index is -0.872. The number of hydrogen-bond acceptors (Lipinski definition) is 4. The Labute approximate surface area is 137 Å². The molecule has 2 aromatic rings. The molecule has 120 valence electrons. The van der Waals surface area contributed by atoms with Gasteiger partial charge in [0.05, 0.1) is 11.0 Å². The van der Waals surface area contributed by atoms with E-state index in [2.05, 4.69) is 10.6 Å². The smallest absolute Gasteiger partial charge is 0.269 e. The van der Waals surface area contributed by atoms with Crippen LogP contribution < -0.4 is 10.6 Å². The van der Waals surface area contributed by atoms with Gasteiger partial charge in [0.2, 0.25) is 0 Å². The molecule has 1 atom stereocenters. The third-order valence-electron chi connectivity index (χ3n) is 3.05. The van der Waals surface area contributed by atoms with E-state index in [0.29, 0.717) is 11.3 Å². The van der Waals surface area contributed by atoms with E-state index in [1.165, 1.54) is 48.5 Å². The van der Waals surface area contributed by atoms with Crippen LogP contribution in [0.25, 0.3) is 0 Å². The Kier molecular flexibility index (Phi) is 5.56. The maximum absolute atomic E-state index is 12.8. The molecule has 6 nitrogen and oxygen atoms in total. The van der Waals surface area contributed by atoms with Crippen molar-refractivity contribution >= 4 is 28.7 Å². The van der Waals surface area contributed by atoms with Crippen LogP contribution in [0.1, 0.15) is 11.7 Å². The van der Waals surface area contributed by atoms with Crippen LogP contribution in [0.5, 0.6) is 0 Å². The number of thiocarbonyl (C=S) groups is 1. The average molecular weight is 335 g/mol. The molecule has 2 aromatic carbocycles. The lowest BCUT2D eigenvalue weighted by molar-refractivity contribution is -0.384. The first-order chi connectivity index (χ1) is 11.0. The van der Waals surface area contributed by atoms with Gasteiger partial charge in [0.15, 0.2) is 5.11 Å². The van der Waals surface area contributed by atoms with E-state index in [-0.39, 0.29) is 23.2 Å². The van der Waals surface area contributed by atoms with Gasteiger partial charge in [0.1, 0.15) is 5.82 Å². The molecule has 3 N–H and O–H groups in total. The highest BCUT2D eigenvalue weighted by atomic mass is 32.1. The molecule has 0 spiro atoms. The molecule has 0 fully saturated rings. The lowest BCUT2D eigenvalue weighted by atomic mass is 10.1. The molecule has 0 heterocycles. The zero-order chi connectivity index (χ0) is 16.8. The summed E-state index contributed by atoms with van der Waals surface area (Å²) in [6, 6.07) is 11.3. The number of aliphatic hydroxyl groups is 1. The predicted octanol–water partition coefficient (Wildman–Crippen LogP) is 2.75. The Balaban J connectivity index is 1.85. The number of non-ortho nitro benzene ring substituents is 1. The first-order valence-corrected chi connectivity index (χ1v) is 7.09. The fraction of sp³-hybridized carbons (Fsp3) is 0.133. The fourth-order valence-corrected chi connectivity index (χ4v) is 2.04. The van der Waals surface area contributed by atoms with Crippen molar-refractivity contribution < 1.29 is 14.4 Å². The normalized spacial score (nSPS) is 11.6. The Hall–Kier alpha value is -2.58. The molecule has 2 rings (SSSR count). The second-order valence-electron chi connectivity index (χ2n) is 4.71. The van der Waals surface area contributed by atoms with Gasteiger partial charge in [0.25, 0.3) is 5.69 Å². The third kappa shape index (κ3) is 4.97. The summed E-state index contributed by atoms with van der Waals surface area (Å²) in [6.45, 7) is 0.130. The number of halogens is 1. The van der Waals surface area contributed by atoms with Gasteiger partial charge in [0, 0.05) is 24.4 Å². The van der Waals surface area contributed by atoms with Crippen LogP contribution in [-0.2, 0) is 0 Å². The molecule has 0 saturated carbocycles. The van der Waals surface area contributed by atoms with Crippen molar-refractivity contribution in [3.05, 3.63) is 70.0 Å². The van der Waals surface area contributed by atoms with Gasteiger partial charge < -0.3 is 15.7 Å². The number of benzene rings is 2. The second kappa shape index (κ2) is 7.61. The molecule has 8 heteroatoms. The molecule has 0 saturated heterocycles. The van der Waals surface area contributed by atoms with E-state index in [1.54, 1.807) is 0 Å². The van der Waals surface area contributed by atoms with Crippen molar-refractivity contribution in [3.63, 3.8) is 0 Å². The maximum atomic E-state index is 12.8. The molecular formula is C15H14FN3O3S. The van der Waals surface area contributed by atoms with E-state index in [0.717, 1.165) is 0 Å². The van der Waals surface area contributed by atoms with Crippen LogP contribution >= 0.6 is 12.2 Å². The largest absolute Gasteiger partial charge is 0.387 e. The predicted molar refractivity (Wildman–Crippen MR) is 88.7 cm³/mol. The number of nitro groups is 1. The maximum Gasteiger partial charge on any atom is 0.269 e. The Morgan fingerprint density at radius 2 is 1.83 bits per heavy atom. The summed E-state index contributed by atoms with van der Waals surface area (Å²) in [5, 5.41) is 26.6. The van der Waals surface area contributed by atoms with Crippen LogP contribution in [0.4, 0.5) is 15.8 Å². The summed E-state index contributed by atoms with van der Waals surface area (Å²) >= 11 is 5.08. The summed E-state index contributed by atoms with van der Waals surface area (Å²) < 4.78 is 12.8. The number of rotatable bonds is 5. The van der Waals surface area contributed by atoms with Crippen molar-refractivity contribution in [2.24, 2.45) is 0 Å². The molecule has 0 aliphatic heterocycles. The van der Waals surface area contributed by atoms with Crippen molar-refractivity contribution in [2.75, 3.05) is 11.9 Å². The van der Waals surface area contributed by atoms with Crippen molar-refractivity contribution in [3.8, 4) is 0 Å². The zero-order valence-corrected chi connectivity index (χ0v) is 12.7. The Bertz CT molecular complexity index is 692. The fourth-order valence-electron chi connectivity index (χ4n) is 1.83. The van der Waals surface area contributed by atoms with Gasteiger partial charge >= 0.3 is 0 Å². The first-order valence-electron chi connectivity index (χ1n) is 6.68. The van der Waals surface area contributed by atoms with Crippen molar-refractivity contribution in [1.29, 1.82) is 0 Å². The Morgan fingerprint density at radius 3 is 2.39 bits per heavy atom. The number of nitrogens with zero attached hydrogens (tertiary/aromatic N) is 1. The first kappa shape index (κ1) is 16.8. The van der Waals surface area contributed by atoms with Gasteiger partial charge in [-0.25, -0.2) is 4.39 Å². The highest BCUT2D eigenvalue weighted by Crippen LogP contribution is 2.17. The van der Waals surface area contributed by atoms with E-state index in [4.69, 9.17) is 12.2 Å². The van der Waals surface area contributed by atoms with E-state index < -0.39 is 11.0 Å². The summed E-state index contributed by atoms with van der Waals surface area (Å²) in [5.74, 6) is -0.344. The molecule has 0 amide bonds. The third-order valence-corrected chi connectivity index (χ3v) is 3.29. The van der Waals surface area contributed by atoms with Crippen LogP contribution in [0.3, 0.4) is 0 Å². The van der Waals surface area contributed by atoms with Crippen LogP contribution in [-0.4, -0.2) is 21.7 Å². The van der Waals surface area contributed by atoms with Gasteiger partial charge in [-0.05, 0) is 54.2 Å². The van der Waals surface area contributed by atoms with E-state index in [1.807, 2.05) is 0 Å². The second-order valence-corrected chi connectivity index (χ2v) is 5.11. The number of nitro benzene ring substituents is 1. The number of aliphatic hydroxyl groups excluding tert-OH is 1. The molecule has 0 aromatic heterocycles. The molecule has 0 bridgehead atoms. The summed E-state index contributed by atoms with van der Waals surface area (Å²) in [4.78, 5) is 10.1. The standard InChI is InChI=1S/C15H14FN3O3S/c16-11-3-5-12(6-4-11)18-15(23)17-9-14(20)10-1-7-13(8-2-10)19(21)22/h1-8,14,20H,9H2,(H2,17,18,23)/t14-/m0/s1. The highest BCUT2D eigenvalue weighted by Gasteiger charge is 2.11. The molecular weight excluding hydrogens is 321 g/mol. The van der Waals surface area contributed by atoms with Gasteiger partial charge in [-0.2, -0.15) is 0 Å². The van der Waals surface area contributed by atoms with E-state index >= 15 is 0 Å². The van der Waals surface area contributed by atoms with Crippen LogP contribution in [0, 0.1) is 15.9 Å². The minimum absolute atomic E-state index is 0.0394. The number of anilines is 1.